The molecular weight excluding hydrogens is 316 g/mol. The zero-order valence-corrected chi connectivity index (χ0v) is 15.0. The highest BCUT2D eigenvalue weighted by Gasteiger charge is 2.26. The van der Waals surface area contributed by atoms with E-state index in [0.717, 1.165) is 56.0 Å². The predicted octanol–water partition coefficient (Wildman–Crippen LogP) is 2.65. The van der Waals surface area contributed by atoms with Crippen molar-refractivity contribution in [1.82, 2.24) is 19.7 Å². The predicted molar refractivity (Wildman–Crippen MR) is 95.6 cm³/mol. The summed E-state index contributed by atoms with van der Waals surface area (Å²) in [6, 6.07) is 7.93. The summed E-state index contributed by atoms with van der Waals surface area (Å²) in [5, 5.41) is 8.29. The first-order valence-electron chi connectivity index (χ1n) is 8.99. The van der Waals surface area contributed by atoms with Crippen molar-refractivity contribution in [2.45, 2.75) is 45.1 Å². The van der Waals surface area contributed by atoms with Gasteiger partial charge in [-0.3, -0.25) is 4.79 Å². The molecule has 25 heavy (non-hydrogen) atoms. The molecule has 1 fully saturated rings. The van der Waals surface area contributed by atoms with Crippen LogP contribution in [0.5, 0.6) is 5.75 Å². The summed E-state index contributed by atoms with van der Waals surface area (Å²) in [4.78, 5) is 14.5. The third-order valence-corrected chi connectivity index (χ3v) is 4.96. The standard InChI is InChI=1S/C19H26N4O2/c1-3-22-14-20-21-19(22)16-9-11-23(12-10-16)18(24)8-7-15-5-4-6-17(13-15)25-2/h4-6,13-14,16H,3,7-12H2,1-2H3. The van der Waals surface area contributed by atoms with Gasteiger partial charge in [0.25, 0.3) is 0 Å². The van der Waals surface area contributed by atoms with E-state index >= 15 is 0 Å². The van der Waals surface area contributed by atoms with Gasteiger partial charge >= 0.3 is 0 Å². The summed E-state index contributed by atoms with van der Waals surface area (Å²) < 4.78 is 7.34. The molecule has 1 saturated heterocycles. The molecule has 0 radical (unpaired) electrons. The van der Waals surface area contributed by atoms with Gasteiger partial charge in [-0.15, -0.1) is 10.2 Å². The molecule has 0 atom stereocenters. The van der Waals surface area contributed by atoms with E-state index in [-0.39, 0.29) is 5.91 Å². The normalized spacial score (nSPS) is 15.4. The van der Waals surface area contributed by atoms with E-state index in [0.29, 0.717) is 12.3 Å². The molecule has 1 amide bonds. The summed E-state index contributed by atoms with van der Waals surface area (Å²) in [6.07, 6.45) is 5.01. The first kappa shape index (κ1) is 17.5. The Morgan fingerprint density at radius 2 is 2.12 bits per heavy atom. The fraction of sp³-hybridized carbons (Fsp3) is 0.526. The van der Waals surface area contributed by atoms with E-state index in [4.69, 9.17) is 4.74 Å². The Kier molecular flexibility index (Phi) is 5.68. The highest BCUT2D eigenvalue weighted by atomic mass is 16.5. The number of hydrogen-bond acceptors (Lipinski definition) is 4. The van der Waals surface area contributed by atoms with Gasteiger partial charge in [0.15, 0.2) is 0 Å². The van der Waals surface area contributed by atoms with Gasteiger partial charge in [0, 0.05) is 32.0 Å². The van der Waals surface area contributed by atoms with Crippen molar-refractivity contribution in [1.29, 1.82) is 0 Å². The van der Waals surface area contributed by atoms with Crippen molar-refractivity contribution in [3.05, 3.63) is 42.0 Å². The molecule has 2 heterocycles. The molecule has 2 aromatic rings. The van der Waals surface area contributed by atoms with Crippen molar-refractivity contribution in [2.24, 2.45) is 0 Å². The summed E-state index contributed by atoms with van der Waals surface area (Å²) >= 11 is 0. The minimum Gasteiger partial charge on any atom is -0.497 e. The van der Waals surface area contributed by atoms with Crippen LogP contribution in [0.1, 0.15) is 43.5 Å². The number of aryl methyl sites for hydroxylation is 2. The van der Waals surface area contributed by atoms with Crippen molar-refractivity contribution >= 4 is 5.91 Å². The Hall–Kier alpha value is -2.37. The average Bonchev–Trinajstić information content (AvgIpc) is 3.15. The average molecular weight is 342 g/mol. The van der Waals surface area contributed by atoms with Crippen molar-refractivity contribution in [2.75, 3.05) is 20.2 Å². The number of carbonyl (C=O) groups excluding carboxylic acids is 1. The topological polar surface area (TPSA) is 60.2 Å². The van der Waals surface area contributed by atoms with E-state index in [9.17, 15) is 4.79 Å². The molecule has 0 aliphatic carbocycles. The number of methoxy groups -OCH3 is 1. The van der Waals surface area contributed by atoms with Crippen molar-refractivity contribution in [3.63, 3.8) is 0 Å². The van der Waals surface area contributed by atoms with Gasteiger partial charge in [-0.1, -0.05) is 12.1 Å². The highest BCUT2D eigenvalue weighted by Crippen LogP contribution is 2.27. The van der Waals surface area contributed by atoms with E-state index in [1.165, 1.54) is 0 Å². The van der Waals surface area contributed by atoms with Crippen LogP contribution in [0.3, 0.4) is 0 Å². The van der Waals surface area contributed by atoms with Gasteiger partial charge in [-0.2, -0.15) is 0 Å². The molecule has 0 unspecified atom stereocenters. The van der Waals surface area contributed by atoms with Gasteiger partial charge in [0.1, 0.15) is 17.9 Å². The smallest absolute Gasteiger partial charge is 0.222 e. The number of ether oxygens (including phenoxy) is 1. The molecule has 1 aliphatic rings. The number of piperidine rings is 1. The first-order chi connectivity index (χ1) is 12.2. The molecule has 0 N–H and O–H groups in total. The molecule has 1 aromatic heterocycles. The summed E-state index contributed by atoms with van der Waals surface area (Å²) in [5.41, 5.74) is 1.14. The Balaban J connectivity index is 1.50. The Bertz CT molecular complexity index is 705. The van der Waals surface area contributed by atoms with Gasteiger partial charge in [0.05, 0.1) is 7.11 Å². The van der Waals surface area contributed by atoms with Crippen LogP contribution >= 0.6 is 0 Å². The summed E-state index contributed by atoms with van der Waals surface area (Å²) in [7, 11) is 1.66. The van der Waals surface area contributed by atoms with E-state index in [1.54, 1.807) is 13.4 Å². The lowest BCUT2D eigenvalue weighted by Crippen LogP contribution is -2.38. The highest BCUT2D eigenvalue weighted by molar-refractivity contribution is 5.76. The number of nitrogens with zero attached hydrogens (tertiary/aromatic N) is 4. The minimum absolute atomic E-state index is 0.234. The third-order valence-electron chi connectivity index (χ3n) is 4.96. The molecule has 0 bridgehead atoms. The zero-order valence-electron chi connectivity index (χ0n) is 15.0. The van der Waals surface area contributed by atoms with Crippen LogP contribution in [0, 0.1) is 0 Å². The molecular formula is C19H26N4O2. The number of aromatic nitrogens is 3. The largest absolute Gasteiger partial charge is 0.497 e. The van der Waals surface area contributed by atoms with Crippen molar-refractivity contribution < 1.29 is 9.53 Å². The number of likely N-dealkylation sites (tertiary alicyclic amines) is 1. The molecule has 1 aromatic carbocycles. The second-order valence-corrected chi connectivity index (χ2v) is 6.48. The molecule has 0 spiro atoms. The molecule has 134 valence electrons. The van der Waals surface area contributed by atoms with Gasteiger partial charge in [-0.25, -0.2) is 0 Å². The third kappa shape index (κ3) is 4.18. The van der Waals surface area contributed by atoms with Crippen LogP contribution in [0.2, 0.25) is 0 Å². The van der Waals surface area contributed by atoms with Gasteiger partial charge in [-0.05, 0) is 43.9 Å². The lowest BCUT2D eigenvalue weighted by atomic mass is 9.95. The second-order valence-electron chi connectivity index (χ2n) is 6.48. The van der Waals surface area contributed by atoms with Crippen LogP contribution in [-0.4, -0.2) is 45.8 Å². The first-order valence-corrected chi connectivity index (χ1v) is 8.99. The maximum Gasteiger partial charge on any atom is 0.222 e. The second kappa shape index (κ2) is 8.14. The van der Waals surface area contributed by atoms with Crippen LogP contribution in [0.15, 0.2) is 30.6 Å². The Morgan fingerprint density at radius 1 is 1.32 bits per heavy atom. The van der Waals surface area contributed by atoms with Crippen LogP contribution in [0.4, 0.5) is 0 Å². The molecule has 3 rings (SSSR count). The molecule has 6 heteroatoms. The number of benzene rings is 1. The lowest BCUT2D eigenvalue weighted by Gasteiger charge is -2.31. The molecule has 1 aliphatic heterocycles. The van der Waals surface area contributed by atoms with Crippen molar-refractivity contribution in [3.8, 4) is 5.75 Å². The van der Waals surface area contributed by atoms with E-state index in [2.05, 4.69) is 21.7 Å². The SMILES string of the molecule is CCn1cnnc1C1CCN(C(=O)CCc2cccc(OC)c2)CC1. The lowest BCUT2D eigenvalue weighted by molar-refractivity contribution is -0.132. The number of hydrogen-bond donors (Lipinski definition) is 0. The van der Waals surface area contributed by atoms with Gasteiger partial charge in [0.2, 0.25) is 5.91 Å². The number of carbonyl (C=O) groups is 1. The Labute approximate surface area is 148 Å². The van der Waals surface area contributed by atoms with Gasteiger partial charge < -0.3 is 14.2 Å². The minimum atomic E-state index is 0.234. The maximum absolute atomic E-state index is 12.5. The quantitative estimate of drug-likeness (QED) is 0.810. The number of rotatable bonds is 6. The molecule has 6 nitrogen and oxygen atoms in total. The van der Waals surface area contributed by atoms with E-state index < -0.39 is 0 Å². The number of amides is 1. The zero-order chi connectivity index (χ0) is 17.6. The molecule has 0 saturated carbocycles. The summed E-state index contributed by atoms with van der Waals surface area (Å²) in [6.45, 7) is 4.60. The summed E-state index contributed by atoms with van der Waals surface area (Å²) in [5.74, 6) is 2.54. The monoisotopic (exact) mass is 342 g/mol. The van der Waals surface area contributed by atoms with Crippen LogP contribution in [0.25, 0.3) is 0 Å². The maximum atomic E-state index is 12.5. The fourth-order valence-electron chi connectivity index (χ4n) is 3.45. The van der Waals surface area contributed by atoms with E-state index in [1.807, 2.05) is 29.2 Å². The van der Waals surface area contributed by atoms with Crippen LogP contribution in [-0.2, 0) is 17.8 Å². The fourth-order valence-corrected chi connectivity index (χ4v) is 3.45. The Morgan fingerprint density at radius 3 is 2.84 bits per heavy atom. The van der Waals surface area contributed by atoms with Crippen LogP contribution < -0.4 is 4.74 Å².